The Morgan fingerprint density at radius 2 is 1.66 bits per heavy atom. The Hall–Kier alpha value is -1.12. The summed E-state index contributed by atoms with van der Waals surface area (Å²) < 4.78 is 12.7. The lowest BCUT2D eigenvalue weighted by atomic mass is 10.0. The van der Waals surface area contributed by atoms with Crippen LogP contribution in [-0.2, 0) is 27.1 Å². The molecule has 0 saturated carbocycles. The third-order valence-corrected chi connectivity index (χ3v) is 5.44. The molecule has 0 bridgehead atoms. The summed E-state index contributed by atoms with van der Waals surface area (Å²) >= 11 is 7.05. The van der Waals surface area contributed by atoms with E-state index in [1.807, 2.05) is 19.1 Å². The molecular formula is C21H31Br2NO5. The summed E-state index contributed by atoms with van der Waals surface area (Å²) in [5.74, 6) is -0.377. The molecule has 6 nitrogen and oxygen atoms in total. The number of esters is 1. The van der Waals surface area contributed by atoms with Crippen LogP contribution in [0.3, 0.4) is 0 Å². The number of nitrogens with one attached hydrogen (secondary N) is 1. The summed E-state index contributed by atoms with van der Waals surface area (Å²) in [4.78, 5) is 24.7. The van der Waals surface area contributed by atoms with Gasteiger partial charge in [0, 0.05) is 28.4 Å². The maximum atomic E-state index is 12.4. The molecule has 0 aliphatic rings. The zero-order chi connectivity index (χ0) is 22.2. The van der Waals surface area contributed by atoms with Gasteiger partial charge in [-0.25, -0.2) is 4.79 Å². The molecule has 0 aliphatic heterocycles. The van der Waals surface area contributed by atoms with Crippen molar-refractivity contribution in [2.24, 2.45) is 0 Å². The van der Waals surface area contributed by atoms with Crippen LogP contribution in [-0.4, -0.2) is 35.1 Å². The predicted molar refractivity (Wildman–Crippen MR) is 120 cm³/mol. The van der Waals surface area contributed by atoms with Gasteiger partial charge in [0.05, 0.1) is 0 Å². The molecule has 0 aromatic heterocycles. The second kappa shape index (κ2) is 11.3. The normalized spacial score (nSPS) is 13.5. The highest BCUT2D eigenvalue weighted by atomic mass is 79.9. The maximum Gasteiger partial charge on any atom is 0.410 e. The molecule has 0 heterocycles. The molecule has 1 atom stereocenters. The van der Waals surface area contributed by atoms with Gasteiger partial charge in [0.15, 0.2) is 5.72 Å². The summed E-state index contributed by atoms with van der Waals surface area (Å²) in [6, 6.07) is 3.80. The van der Waals surface area contributed by atoms with Crippen molar-refractivity contribution in [3.05, 3.63) is 32.2 Å². The van der Waals surface area contributed by atoms with E-state index in [1.54, 1.807) is 27.7 Å². The predicted octanol–water partition coefficient (Wildman–Crippen LogP) is 5.26. The van der Waals surface area contributed by atoms with Crippen LogP contribution in [0, 0.1) is 0 Å². The number of benzene rings is 1. The van der Waals surface area contributed by atoms with Crippen LogP contribution < -0.4 is 5.32 Å². The summed E-state index contributed by atoms with van der Waals surface area (Å²) in [5, 5.41) is 11.9. The van der Waals surface area contributed by atoms with E-state index in [0.29, 0.717) is 12.8 Å². The first-order valence-corrected chi connectivity index (χ1v) is 11.3. The standard InChI is InChI=1S/C21H31Br2NO5/c1-6-7-8-18(26)28-21(5,24-19(27)29-20(2,3)4)13-15-12-16(22)14(9-10-25)11-17(15)23/h11-12,25H,6-10,13H2,1-5H3,(H,24,27)/t21-/m1/s1. The van der Waals surface area contributed by atoms with Crippen LogP contribution >= 0.6 is 31.9 Å². The van der Waals surface area contributed by atoms with Crippen LogP contribution in [0.1, 0.15) is 65.0 Å². The number of aliphatic hydroxyl groups excluding tert-OH is 1. The number of ether oxygens (including phenoxy) is 2. The number of carbonyl (C=O) groups is 2. The van der Waals surface area contributed by atoms with Gasteiger partial charge in [0.25, 0.3) is 0 Å². The Labute approximate surface area is 190 Å². The van der Waals surface area contributed by atoms with E-state index in [0.717, 1.165) is 26.5 Å². The number of hydrogen-bond acceptors (Lipinski definition) is 5. The Morgan fingerprint density at radius 1 is 1.07 bits per heavy atom. The van der Waals surface area contributed by atoms with Gasteiger partial charge in [-0.2, -0.15) is 0 Å². The molecule has 0 unspecified atom stereocenters. The zero-order valence-electron chi connectivity index (χ0n) is 17.7. The molecular weight excluding hydrogens is 506 g/mol. The number of carbonyl (C=O) groups excluding carboxylic acids is 2. The van der Waals surface area contributed by atoms with Gasteiger partial charge in [0.1, 0.15) is 5.60 Å². The van der Waals surface area contributed by atoms with Crippen molar-refractivity contribution in [1.82, 2.24) is 5.32 Å². The fourth-order valence-corrected chi connectivity index (χ4v) is 3.81. The second-order valence-electron chi connectivity index (χ2n) is 8.12. The van der Waals surface area contributed by atoms with E-state index in [4.69, 9.17) is 9.47 Å². The minimum absolute atomic E-state index is 0.0390. The number of aliphatic hydroxyl groups is 1. The molecule has 0 fully saturated rings. The molecule has 1 rings (SSSR count). The Kier molecular flexibility index (Phi) is 10.1. The number of rotatable bonds is 9. The van der Waals surface area contributed by atoms with Crippen LogP contribution in [0.4, 0.5) is 4.79 Å². The molecule has 0 aliphatic carbocycles. The highest BCUT2D eigenvalue weighted by Gasteiger charge is 2.34. The van der Waals surface area contributed by atoms with E-state index in [1.165, 1.54) is 0 Å². The minimum atomic E-state index is -1.28. The fourth-order valence-electron chi connectivity index (χ4n) is 2.69. The molecule has 1 aromatic carbocycles. The van der Waals surface area contributed by atoms with Crippen molar-refractivity contribution in [2.45, 2.75) is 78.0 Å². The van der Waals surface area contributed by atoms with Crippen molar-refractivity contribution in [1.29, 1.82) is 0 Å². The van der Waals surface area contributed by atoms with Crippen molar-refractivity contribution >= 4 is 43.9 Å². The number of amides is 1. The van der Waals surface area contributed by atoms with E-state index in [9.17, 15) is 14.7 Å². The first-order chi connectivity index (χ1) is 13.4. The molecule has 0 saturated heterocycles. The van der Waals surface area contributed by atoms with E-state index in [-0.39, 0.29) is 25.4 Å². The molecule has 164 valence electrons. The highest BCUT2D eigenvalue weighted by Crippen LogP contribution is 2.30. The number of unbranched alkanes of at least 4 members (excludes halogenated alkanes) is 1. The lowest BCUT2D eigenvalue weighted by Gasteiger charge is -2.32. The largest absolute Gasteiger partial charge is 0.444 e. The number of hydrogen-bond donors (Lipinski definition) is 2. The average molecular weight is 537 g/mol. The highest BCUT2D eigenvalue weighted by molar-refractivity contribution is 9.11. The van der Waals surface area contributed by atoms with Gasteiger partial charge < -0.3 is 14.6 Å². The Morgan fingerprint density at radius 3 is 2.21 bits per heavy atom. The molecule has 0 spiro atoms. The first kappa shape index (κ1) is 25.9. The van der Waals surface area contributed by atoms with Gasteiger partial charge in [0.2, 0.25) is 0 Å². The van der Waals surface area contributed by atoms with Gasteiger partial charge in [-0.1, -0.05) is 45.2 Å². The van der Waals surface area contributed by atoms with Crippen LogP contribution in [0.15, 0.2) is 21.1 Å². The summed E-state index contributed by atoms with van der Waals surface area (Å²) in [6.07, 6.45) is 1.96. The van der Waals surface area contributed by atoms with Crippen LogP contribution in [0.2, 0.25) is 0 Å². The smallest absolute Gasteiger partial charge is 0.410 e. The van der Waals surface area contributed by atoms with Crippen LogP contribution in [0.5, 0.6) is 0 Å². The molecule has 1 aromatic rings. The molecule has 29 heavy (non-hydrogen) atoms. The summed E-state index contributed by atoms with van der Waals surface area (Å²) in [5.41, 5.74) is -0.175. The van der Waals surface area contributed by atoms with E-state index in [2.05, 4.69) is 37.2 Å². The van der Waals surface area contributed by atoms with Gasteiger partial charge in [-0.05, 0) is 63.8 Å². The van der Waals surface area contributed by atoms with Crippen LogP contribution in [0.25, 0.3) is 0 Å². The van der Waals surface area contributed by atoms with E-state index >= 15 is 0 Å². The average Bonchev–Trinajstić information content (AvgIpc) is 2.55. The molecule has 8 heteroatoms. The Bertz CT molecular complexity index is 718. The SMILES string of the molecule is CCCCC(=O)O[C@](C)(Cc1cc(Br)c(CCO)cc1Br)NC(=O)OC(C)(C)C. The third-order valence-electron chi connectivity index (χ3n) is 3.96. The van der Waals surface area contributed by atoms with Crippen molar-refractivity contribution < 1.29 is 24.2 Å². The summed E-state index contributed by atoms with van der Waals surface area (Å²) in [7, 11) is 0. The second-order valence-corrected chi connectivity index (χ2v) is 9.83. The van der Waals surface area contributed by atoms with Gasteiger partial charge in [-0.15, -0.1) is 0 Å². The number of halogens is 2. The quantitative estimate of drug-likeness (QED) is 0.332. The first-order valence-electron chi connectivity index (χ1n) is 9.69. The lowest BCUT2D eigenvalue weighted by Crippen LogP contribution is -2.52. The lowest BCUT2D eigenvalue weighted by molar-refractivity contribution is -0.161. The molecule has 2 N–H and O–H groups in total. The third kappa shape index (κ3) is 9.49. The van der Waals surface area contributed by atoms with E-state index < -0.39 is 17.4 Å². The van der Waals surface area contributed by atoms with Crippen molar-refractivity contribution in [3.8, 4) is 0 Å². The molecule has 0 radical (unpaired) electrons. The fraction of sp³-hybridized carbons (Fsp3) is 0.619. The maximum absolute atomic E-state index is 12.4. The Balaban J connectivity index is 3.11. The topological polar surface area (TPSA) is 84.9 Å². The molecule has 1 amide bonds. The van der Waals surface area contributed by atoms with Crippen molar-refractivity contribution in [3.63, 3.8) is 0 Å². The summed E-state index contributed by atoms with van der Waals surface area (Å²) in [6.45, 7) is 8.99. The number of alkyl carbamates (subject to hydrolysis) is 1. The minimum Gasteiger partial charge on any atom is -0.444 e. The van der Waals surface area contributed by atoms with Crippen molar-refractivity contribution in [2.75, 3.05) is 6.61 Å². The zero-order valence-corrected chi connectivity index (χ0v) is 20.9. The van der Waals surface area contributed by atoms with Gasteiger partial charge in [-0.3, -0.25) is 10.1 Å². The monoisotopic (exact) mass is 535 g/mol. The van der Waals surface area contributed by atoms with Gasteiger partial charge >= 0.3 is 12.1 Å².